The highest BCUT2D eigenvalue weighted by Gasteiger charge is 2.17. The molecule has 0 aromatic heterocycles. The lowest BCUT2D eigenvalue weighted by Gasteiger charge is -2.19. The molecule has 24 heavy (non-hydrogen) atoms. The summed E-state index contributed by atoms with van der Waals surface area (Å²) in [5, 5.41) is 58.0. The van der Waals surface area contributed by atoms with E-state index in [1.54, 1.807) is 6.92 Å². The Kier molecular flexibility index (Phi) is 13.8. The average molecular weight is 350 g/mol. The molecule has 0 aromatic carbocycles. The molecule has 6 nitrogen and oxygen atoms in total. The van der Waals surface area contributed by atoms with Crippen LogP contribution in [-0.4, -0.2) is 67.3 Å². The van der Waals surface area contributed by atoms with E-state index < -0.39 is 30.5 Å². The van der Waals surface area contributed by atoms with Gasteiger partial charge in [-0.15, -0.1) is 0 Å². The fraction of sp³-hybridized carbons (Fsp3) is 1.00. The van der Waals surface area contributed by atoms with Crippen LogP contribution in [0.3, 0.4) is 0 Å². The Balaban J connectivity index is 3.76. The van der Waals surface area contributed by atoms with E-state index in [0.29, 0.717) is 51.4 Å². The molecular formula is C18H38O6. The third-order valence-corrected chi connectivity index (χ3v) is 4.34. The van der Waals surface area contributed by atoms with Gasteiger partial charge in [0, 0.05) is 0 Å². The van der Waals surface area contributed by atoms with Crippen LogP contribution in [0.15, 0.2) is 0 Å². The Labute approximate surface area is 146 Å². The topological polar surface area (TPSA) is 121 Å². The Hall–Kier alpha value is -0.240. The van der Waals surface area contributed by atoms with Gasteiger partial charge < -0.3 is 30.6 Å². The first kappa shape index (κ1) is 23.8. The van der Waals surface area contributed by atoms with Crippen molar-refractivity contribution in [3.05, 3.63) is 0 Å². The highest BCUT2D eigenvalue weighted by Crippen LogP contribution is 2.16. The highest BCUT2D eigenvalue weighted by molar-refractivity contribution is 4.70. The largest absolute Gasteiger partial charge is 0.393 e. The minimum absolute atomic E-state index is 0.209. The number of aliphatic hydroxyl groups excluding tert-OH is 6. The first-order valence-electron chi connectivity index (χ1n) is 9.32. The van der Waals surface area contributed by atoms with Crippen molar-refractivity contribution in [1.82, 2.24) is 0 Å². The van der Waals surface area contributed by atoms with Crippen molar-refractivity contribution in [2.75, 3.05) is 0 Å². The number of aliphatic hydroxyl groups is 6. The van der Waals surface area contributed by atoms with Crippen molar-refractivity contribution in [3.8, 4) is 0 Å². The Bertz CT molecular complexity index is 287. The van der Waals surface area contributed by atoms with Crippen molar-refractivity contribution in [3.63, 3.8) is 0 Å². The van der Waals surface area contributed by atoms with Gasteiger partial charge in [0.25, 0.3) is 0 Å². The summed E-state index contributed by atoms with van der Waals surface area (Å²) in [7, 11) is 0. The van der Waals surface area contributed by atoms with Crippen LogP contribution in [0.2, 0.25) is 0 Å². The zero-order valence-electron chi connectivity index (χ0n) is 15.2. The summed E-state index contributed by atoms with van der Waals surface area (Å²) in [6.07, 6.45) is 1.44. The SMILES string of the molecule is CCC(O)CC(O)CCCC(O)CC(O)CC(O)CCCC(C)O. The van der Waals surface area contributed by atoms with Crippen LogP contribution in [0.25, 0.3) is 0 Å². The smallest absolute Gasteiger partial charge is 0.0589 e. The second-order valence-electron chi connectivity index (χ2n) is 7.10. The van der Waals surface area contributed by atoms with Gasteiger partial charge in [-0.25, -0.2) is 0 Å². The molecule has 0 fully saturated rings. The number of hydrogen-bond donors (Lipinski definition) is 6. The summed E-state index contributed by atoms with van der Waals surface area (Å²) in [5.74, 6) is 0. The first-order valence-corrected chi connectivity index (χ1v) is 9.32. The average Bonchev–Trinajstić information content (AvgIpc) is 2.46. The van der Waals surface area contributed by atoms with Crippen molar-refractivity contribution in [1.29, 1.82) is 0 Å². The van der Waals surface area contributed by atoms with Gasteiger partial charge in [0.1, 0.15) is 0 Å². The molecule has 0 saturated heterocycles. The van der Waals surface area contributed by atoms with Crippen LogP contribution < -0.4 is 0 Å². The molecule has 6 heteroatoms. The zero-order chi connectivity index (χ0) is 18.5. The van der Waals surface area contributed by atoms with Crippen molar-refractivity contribution >= 4 is 0 Å². The molecule has 0 aliphatic rings. The van der Waals surface area contributed by atoms with Gasteiger partial charge in [-0.2, -0.15) is 0 Å². The predicted octanol–water partition coefficient (Wildman–Crippen LogP) is 1.09. The van der Waals surface area contributed by atoms with Crippen LogP contribution in [0.4, 0.5) is 0 Å². The van der Waals surface area contributed by atoms with Gasteiger partial charge >= 0.3 is 0 Å². The summed E-state index contributed by atoms with van der Waals surface area (Å²) in [4.78, 5) is 0. The molecule has 0 radical (unpaired) electrons. The van der Waals surface area contributed by atoms with Crippen molar-refractivity contribution in [2.24, 2.45) is 0 Å². The molecule has 146 valence electrons. The maximum atomic E-state index is 9.92. The summed E-state index contributed by atoms with van der Waals surface area (Å²) in [6, 6.07) is 0. The minimum Gasteiger partial charge on any atom is -0.393 e. The number of rotatable bonds is 15. The van der Waals surface area contributed by atoms with Crippen molar-refractivity contribution < 1.29 is 30.6 Å². The van der Waals surface area contributed by atoms with E-state index in [4.69, 9.17) is 5.11 Å². The summed E-state index contributed by atoms with van der Waals surface area (Å²) >= 11 is 0. The second-order valence-corrected chi connectivity index (χ2v) is 7.10. The van der Waals surface area contributed by atoms with Gasteiger partial charge in [-0.05, 0) is 71.1 Å². The van der Waals surface area contributed by atoms with Crippen molar-refractivity contribution in [2.45, 2.75) is 115 Å². The molecule has 0 spiro atoms. The highest BCUT2D eigenvalue weighted by atomic mass is 16.3. The molecule has 0 heterocycles. The molecule has 6 N–H and O–H groups in total. The molecule has 0 aromatic rings. The summed E-state index contributed by atoms with van der Waals surface area (Å²) in [5.41, 5.74) is 0. The van der Waals surface area contributed by atoms with E-state index in [9.17, 15) is 25.5 Å². The van der Waals surface area contributed by atoms with E-state index in [-0.39, 0.29) is 18.9 Å². The lowest BCUT2D eigenvalue weighted by molar-refractivity contribution is 0.0302. The maximum Gasteiger partial charge on any atom is 0.0589 e. The quantitative estimate of drug-likeness (QED) is 0.263. The zero-order valence-corrected chi connectivity index (χ0v) is 15.2. The van der Waals surface area contributed by atoms with E-state index in [0.717, 1.165) is 0 Å². The number of hydrogen-bond acceptors (Lipinski definition) is 6. The molecule has 6 atom stereocenters. The lowest BCUT2D eigenvalue weighted by Crippen LogP contribution is -2.23. The first-order chi connectivity index (χ1) is 11.2. The van der Waals surface area contributed by atoms with Gasteiger partial charge in [-0.3, -0.25) is 0 Å². The minimum atomic E-state index is -0.756. The standard InChI is InChI=1S/C18H38O6/c1-3-14(20)10-15(21)8-5-9-17(23)12-18(24)11-16(22)7-4-6-13(2)19/h13-24H,3-12H2,1-2H3. The van der Waals surface area contributed by atoms with E-state index in [1.807, 2.05) is 6.92 Å². The van der Waals surface area contributed by atoms with Crippen LogP contribution >= 0.6 is 0 Å². The Morgan fingerprint density at radius 1 is 0.542 bits per heavy atom. The fourth-order valence-electron chi connectivity index (χ4n) is 2.80. The molecule has 0 aliphatic carbocycles. The van der Waals surface area contributed by atoms with Gasteiger partial charge in [0.05, 0.1) is 36.6 Å². The lowest BCUT2D eigenvalue weighted by atomic mass is 9.97. The van der Waals surface area contributed by atoms with Crippen LogP contribution in [0, 0.1) is 0 Å². The Morgan fingerprint density at radius 2 is 0.917 bits per heavy atom. The van der Waals surface area contributed by atoms with Crippen LogP contribution in [0.1, 0.15) is 78.1 Å². The molecular weight excluding hydrogens is 312 g/mol. The second kappa shape index (κ2) is 14.0. The predicted molar refractivity (Wildman–Crippen MR) is 93.6 cm³/mol. The monoisotopic (exact) mass is 350 g/mol. The molecule has 0 saturated carbocycles. The summed E-state index contributed by atoms with van der Waals surface area (Å²) < 4.78 is 0. The van der Waals surface area contributed by atoms with E-state index >= 15 is 0 Å². The third-order valence-electron chi connectivity index (χ3n) is 4.34. The normalized spacial score (nSPS) is 19.5. The van der Waals surface area contributed by atoms with E-state index in [1.165, 1.54) is 0 Å². The molecule has 6 unspecified atom stereocenters. The third kappa shape index (κ3) is 14.1. The summed E-state index contributed by atoms with van der Waals surface area (Å²) in [6.45, 7) is 3.57. The fourth-order valence-corrected chi connectivity index (χ4v) is 2.80. The maximum absolute atomic E-state index is 9.92. The van der Waals surface area contributed by atoms with Gasteiger partial charge in [0.15, 0.2) is 0 Å². The molecule has 0 amide bonds. The molecule has 0 bridgehead atoms. The van der Waals surface area contributed by atoms with E-state index in [2.05, 4.69) is 0 Å². The van der Waals surface area contributed by atoms with Gasteiger partial charge in [-0.1, -0.05) is 6.92 Å². The molecule has 0 rings (SSSR count). The van der Waals surface area contributed by atoms with Crippen LogP contribution in [0.5, 0.6) is 0 Å². The van der Waals surface area contributed by atoms with Crippen LogP contribution in [-0.2, 0) is 0 Å². The van der Waals surface area contributed by atoms with Gasteiger partial charge in [0.2, 0.25) is 0 Å². The molecule has 0 aliphatic heterocycles. The Morgan fingerprint density at radius 3 is 1.29 bits per heavy atom.